The van der Waals surface area contributed by atoms with Crippen LogP contribution in [0.1, 0.15) is 33.1 Å². The summed E-state index contributed by atoms with van der Waals surface area (Å²) in [4.78, 5) is 2.38. The molecule has 1 N–H and O–H groups in total. The second-order valence-corrected chi connectivity index (χ2v) is 4.07. The topological polar surface area (TPSA) is 32.7 Å². The van der Waals surface area contributed by atoms with Gasteiger partial charge in [0.25, 0.3) is 0 Å². The van der Waals surface area contributed by atoms with E-state index in [9.17, 15) is 5.11 Å². The highest BCUT2D eigenvalue weighted by Gasteiger charge is 2.25. The van der Waals surface area contributed by atoms with Gasteiger partial charge in [0.1, 0.15) is 0 Å². The molecular formula is C11H23NO2. The lowest BCUT2D eigenvalue weighted by atomic mass is 10.1. The summed E-state index contributed by atoms with van der Waals surface area (Å²) in [5, 5.41) is 9.81. The maximum atomic E-state index is 9.81. The van der Waals surface area contributed by atoms with Gasteiger partial charge >= 0.3 is 0 Å². The molecule has 0 aromatic rings. The molecule has 0 saturated carbocycles. The van der Waals surface area contributed by atoms with E-state index in [1.165, 1.54) is 6.42 Å². The Balaban J connectivity index is 2.31. The van der Waals surface area contributed by atoms with Crippen molar-refractivity contribution in [3.8, 4) is 0 Å². The van der Waals surface area contributed by atoms with Gasteiger partial charge in [0, 0.05) is 13.1 Å². The van der Waals surface area contributed by atoms with Crippen molar-refractivity contribution in [2.75, 3.05) is 26.2 Å². The molecule has 1 saturated heterocycles. The van der Waals surface area contributed by atoms with E-state index in [0.29, 0.717) is 0 Å². The number of hydrogen-bond donors (Lipinski definition) is 1. The minimum atomic E-state index is -0.278. The second kappa shape index (κ2) is 6.38. The summed E-state index contributed by atoms with van der Waals surface area (Å²) in [7, 11) is 0. The summed E-state index contributed by atoms with van der Waals surface area (Å²) in [5.41, 5.74) is 0. The minimum absolute atomic E-state index is 0.0373. The Morgan fingerprint density at radius 2 is 2.21 bits per heavy atom. The molecule has 0 aromatic carbocycles. The minimum Gasteiger partial charge on any atom is -0.390 e. The van der Waals surface area contributed by atoms with Gasteiger partial charge in [-0.25, -0.2) is 0 Å². The zero-order valence-electron chi connectivity index (χ0n) is 9.41. The van der Waals surface area contributed by atoms with Gasteiger partial charge in [0.05, 0.1) is 18.8 Å². The maximum absolute atomic E-state index is 9.81. The molecule has 1 fully saturated rings. The van der Waals surface area contributed by atoms with Crippen molar-refractivity contribution in [1.29, 1.82) is 0 Å². The monoisotopic (exact) mass is 201 g/mol. The molecule has 0 aromatic heterocycles. The van der Waals surface area contributed by atoms with Crippen LogP contribution in [0.2, 0.25) is 0 Å². The van der Waals surface area contributed by atoms with E-state index in [0.717, 1.165) is 39.1 Å². The molecule has 2 atom stereocenters. The zero-order valence-corrected chi connectivity index (χ0v) is 9.41. The van der Waals surface area contributed by atoms with Crippen molar-refractivity contribution in [3.63, 3.8) is 0 Å². The molecule has 2 unspecified atom stereocenters. The molecule has 14 heavy (non-hydrogen) atoms. The number of hydrogen-bond acceptors (Lipinski definition) is 3. The van der Waals surface area contributed by atoms with Gasteiger partial charge in [-0.2, -0.15) is 0 Å². The van der Waals surface area contributed by atoms with Crippen molar-refractivity contribution < 1.29 is 9.84 Å². The van der Waals surface area contributed by atoms with E-state index in [2.05, 4.69) is 18.7 Å². The fourth-order valence-corrected chi connectivity index (χ4v) is 1.97. The van der Waals surface area contributed by atoms with Gasteiger partial charge in [-0.05, 0) is 19.4 Å². The van der Waals surface area contributed by atoms with E-state index in [4.69, 9.17) is 4.74 Å². The lowest BCUT2D eigenvalue weighted by Crippen LogP contribution is -2.47. The fraction of sp³-hybridized carbons (Fsp3) is 1.00. The smallest absolute Gasteiger partial charge is 0.0960 e. The van der Waals surface area contributed by atoms with Crippen molar-refractivity contribution in [3.05, 3.63) is 0 Å². The standard InChI is InChI=1S/C11H23NO2/c1-3-5-10(13)11-9-12(6-4-2)7-8-14-11/h10-11,13H,3-9H2,1-2H3. The average Bonchev–Trinajstić information content (AvgIpc) is 2.19. The summed E-state index contributed by atoms with van der Waals surface area (Å²) in [6.07, 6.45) is 2.81. The molecule has 0 bridgehead atoms. The Hall–Kier alpha value is -0.120. The van der Waals surface area contributed by atoms with Crippen LogP contribution in [-0.4, -0.2) is 48.5 Å². The van der Waals surface area contributed by atoms with E-state index in [-0.39, 0.29) is 12.2 Å². The highest BCUT2D eigenvalue weighted by Crippen LogP contribution is 2.12. The maximum Gasteiger partial charge on any atom is 0.0960 e. The van der Waals surface area contributed by atoms with Crippen LogP contribution in [-0.2, 0) is 4.74 Å². The van der Waals surface area contributed by atoms with Crippen LogP contribution in [0, 0.1) is 0 Å². The normalized spacial score (nSPS) is 26.4. The average molecular weight is 201 g/mol. The number of morpholine rings is 1. The molecule has 3 heteroatoms. The molecule has 1 aliphatic rings. The van der Waals surface area contributed by atoms with Gasteiger partial charge in [-0.15, -0.1) is 0 Å². The third kappa shape index (κ3) is 3.56. The predicted molar refractivity (Wildman–Crippen MR) is 57.4 cm³/mol. The predicted octanol–water partition coefficient (Wildman–Crippen LogP) is 1.26. The van der Waals surface area contributed by atoms with Crippen LogP contribution in [0.4, 0.5) is 0 Å². The summed E-state index contributed by atoms with van der Waals surface area (Å²) >= 11 is 0. The highest BCUT2D eigenvalue weighted by molar-refractivity contribution is 4.77. The summed E-state index contributed by atoms with van der Waals surface area (Å²) in [6, 6.07) is 0. The number of rotatable bonds is 5. The lowest BCUT2D eigenvalue weighted by molar-refractivity contribution is -0.0902. The van der Waals surface area contributed by atoms with Crippen molar-refractivity contribution in [1.82, 2.24) is 4.90 Å². The first-order chi connectivity index (χ1) is 6.77. The van der Waals surface area contributed by atoms with Crippen molar-refractivity contribution in [2.24, 2.45) is 0 Å². The van der Waals surface area contributed by atoms with E-state index in [1.807, 2.05) is 0 Å². The molecule has 1 aliphatic heterocycles. The zero-order chi connectivity index (χ0) is 10.4. The lowest BCUT2D eigenvalue weighted by Gasteiger charge is -2.35. The Morgan fingerprint density at radius 3 is 2.86 bits per heavy atom. The molecule has 0 amide bonds. The fourth-order valence-electron chi connectivity index (χ4n) is 1.97. The number of nitrogens with zero attached hydrogens (tertiary/aromatic N) is 1. The Bertz CT molecular complexity index is 146. The van der Waals surface area contributed by atoms with Crippen LogP contribution in [0.25, 0.3) is 0 Å². The van der Waals surface area contributed by atoms with Gasteiger partial charge in [-0.3, -0.25) is 4.90 Å². The Morgan fingerprint density at radius 1 is 1.43 bits per heavy atom. The number of aliphatic hydroxyl groups is 1. The summed E-state index contributed by atoms with van der Waals surface area (Å²) in [5.74, 6) is 0. The summed E-state index contributed by atoms with van der Waals surface area (Å²) < 4.78 is 5.58. The van der Waals surface area contributed by atoms with Gasteiger partial charge in [-0.1, -0.05) is 20.3 Å². The van der Waals surface area contributed by atoms with Crippen LogP contribution in [0.15, 0.2) is 0 Å². The third-order valence-corrected chi connectivity index (χ3v) is 2.73. The molecule has 0 aliphatic carbocycles. The van der Waals surface area contributed by atoms with Crippen molar-refractivity contribution in [2.45, 2.75) is 45.3 Å². The Kier molecular flexibility index (Phi) is 5.45. The van der Waals surface area contributed by atoms with Gasteiger partial charge < -0.3 is 9.84 Å². The van der Waals surface area contributed by atoms with E-state index < -0.39 is 0 Å². The van der Waals surface area contributed by atoms with E-state index in [1.54, 1.807) is 0 Å². The largest absolute Gasteiger partial charge is 0.390 e. The first kappa shape index (κ1) is 12.0. The van der Waals surface area contributed by atoms with Crippen LogP contribution >= 0.6 is 0 Å². The first-order valence-electron chi connectivity index (χ1n) is 5.80. The van der Waals surface area contributed by atoms with Crippen LogP contribution < -0.4 is 0 Å². The number of aliphatic hydroxyl groups excluding tert-OH is 1. The van der Waals surface area contributed by atoms with Crippen LogP contribution in [0.3, 0.4) is 0 Å². The molecule has 1 heterocycles. The molecule has 0 spiro atoms. The van der Waals surface area contributed by atoms with Gasteiger partial charge in [0.15, 0.2) is 0 Å². The van der Waals surface area contributed by atoms with Gasteiger partial charge in [0.2, 0.25) is 0 Å². The Labute approximate surface area is 87.1 Å². The van der Waals surface area contributed by atoms with Crippen LogP contribution in [0.5, 0.6) is 0 Å². The molecule has 84 valence electrons. The number of ether oxygens (including phenoxy) is 1. The molecule has 3 nitrogen and oxygen atoms in total. The van der Waals surface area contributed by atoms with Crippen molar-refractivity contribution >= 4 is 0 Å². The SMILES string of the molecule is CCCC(O)C1CN(CCC)CCO1. The quantitative estimate of drug-likeness (QED) is 0.727. The first-order valence-corrected chi connectivity index (χ1v) is 5.80. The molecule has 0 radical (unpaired) electrons. The van der Waals surface area contributed by atoms with E-state index >= 15 is 0 Å². The highest BCUT2D eigenvalue weighted by atomic mass is 16.5. The second-order valence-electron chi connectivity index (χ2n) is 4.07. The summed E-state index contributed by atoms with van der Waals surface area (Å²) in [6.45, 7) is 8.09. The molecular weight excluding hydrogens is 178 g/mol. The third-order valence-electron chi connectivity index (χ3n) is 2.73. The molecule has 1 rings (SSSR count).